The first-order valence-electron chi connectivity index (χ1n) is 9.28. The van der Waals surface area contributed by atoms with E-state index in [1.54, 1.807) is 25.2 Å². The molecule has 2 heterocycles. The van der Waals surface area contributed by atoms with Crippen molar-refractivity contribution in [2.75, 3.05) is 0 Å². The largest absolute Gasteiger partial charge is 0.480 e. The van der Waals surface area contributed by atoms with E-state index in [1.165, 1.54) is 9.44 Å². The third-order valence-electron chi connectivity index (χ3n) is 5.78. The number of carboxylic acids is 1. The van der Waals surface area contributed by atoms with Crippen LogP contribution in [0.25, 0.3) is 10.2 Å². The highest BCUT2D eigenvalue weighted by molar-refractivity contribution is 7.18. The highest BCUT2D eigenvalue weighted by Crippen LogP contribution is 2.42. The van der Waals surface area contributed by atoms with Gasteiger partial charge in [0.05, 0.1) is 5.39 Å². The quantitative estimate of drug-likeness (QED) is 0.879. The van der Waals surface area contributed by atoms with Crippen LogP contribution in [0.4, 0.5) is 0 Å². The van der Waals surface area contributed by atoms with Gasteiger partial charge in [0, 0.05) is 11.3 Å². The number of nitrogens with zero attached hydrogens (tertiary/aromatic N) is 2. The highest BCUT2D eigenvalue weighted by atomic mass is 32.1. The zero-order valence-corrected chi connectivity index (χ0v) is 17.3. The van der Waals surface area contributed by atoms with Gasteiger partial charge in [-0.3, -0.25) is 9.36 Å². The van der Waals surface area contributed by atoms with E-state index in [1.807, 2.05) is 6.92 Å². The molecule has 0 radical (unpaired) electrons. The molecule has 0 saturated carbocycles. The Balaban J connectivity index is 2.25. The fraction of sp³-hybridized carbons (Fsp3) is 0.650. The van der Waals surface area contributed by atoms with E-state index in [2.05, 4.69) is 20.8 Å². The van der Waals surface area contributed by atoms with Gasteiger partial charge in [0.1, 0.15) is 16.2 Å². The molecular formula is C20H28N2O3S. The van der Waals surface area contributed by atoms with Gasteiger partial charge in [-0.1, -0.05) is 27.7 Å². The number of carbonyl (C=O) groups is 1. The first-order valence-corrected chi connectivity index (χ1v) is 10.1. The third kappa shape index (κ3) is 2.88. The maximum atomic E-state index is 13.3. The van der Waals surface area contributed by atoms with Crippen LogP contribution in [0, 0.1) is 11.3 Å². The molecule has 1 N–H and O–H groups in total. The monoisotopic (exact) mass is 376 g/mol. The van der Waals surface area contributed by atoms with Crippen LogP contribution in [-0.2, 0) is 29.6 Å². The Morgan fingerprint density at radius 1 is 1.31 bits per heavy atom. The molecule has 2 aromatic rings. The van der Waals surface area contributed by atoms with Gasteiger partial charge in [-0.05, 0) is 50.0 Å². The predicted octanol–water partition coefficient (Wildman–Crippen LogP) is 3.99. The normalized spacial score (nSPS) is 18.2. The summed E-state index contributed by atoms with van der Waals surface area (Å²) in [5, 5.41) is 10.3. The Bertz CT molecular complexity index is 931. The summed E-state index contributed by atoms with van der Waals surface area (Å²) in [5.41, 5.74) is -0.186. The third-order valence-corrected chi connectivity index (χ3v) is 6.92. The van der Waals surface area contributed by atoms with E-state index in [4.69, 9.17) is 4.98 Å². The molecular weight excluding hydrogens is 348 g/mol. The number of aliphatic carboxylic acids is 1. The molecule has 0 saturated heterocycles. The maximum absolute atomic E-state index is 13.3. The summed E-state index contributed by atoms with van der Waals surface area (Å²) < 4.78 is 1.39. The molecule has 1 atom stereocenters. The van der Waals surface area contributed by atoms with Crippen LogP contribution in [0.15, 0.2) is 4.79 Å². The second kappa shape index (κ2) is 6.19. The van der Waals surface area contributed by atoms with Crippen molar-refractivity contribution in [3.63, 3.8) is 0 Å². The second-order valence-corrected chi connectivity index (χ2v) is 9.96. The van der Waals surface area contributed by atoms with Crippen molar-refractivity contribution < 1.29 is 9.90 Å². The standard InChI is InChI=1S/C20H28N2O3S/c1-7-14-21-16-15(17(23)22(14)20(5,6)18(24)25)12-9-8-11(19(2,3)4)10-13(12)26-16/h11H,7-10H2,1-6H3,(H,24,25). The van der Waals surface area contributed by atoms with Crippen molar-refractivity contribution in [1.29, 1.82) is 0 Å². The van der Waals surface area contributed by atoms with E-state index in [0.29, 0.717) is 23.5 Å². The van der Waals surface area contributed by atoms with Crippen LogP contribution in [0.3, 0.4) is 0 Å². The van der Waals surface area contributed by atoms with Gasteiger partial charge in [0.2, 0.25) is 0 Å². The number of aromatic nitrogens is 2. The van der Waals surface area contributed by atoms with Gasteiger partial charge >= 0.3 is 5.97 Å². The summed E-state index contributed by atoms with van der Waals surface area (Å²) in [5.74, 6) is 0.111. The van der Waals surface area contributed by atoms with E-state index in [9.17, 15) is 14.7 Å². The Hall–Kier alpha value is -1.69. The van der Waals surface area contributed by atoms with Gasteiger partial charge < -0.3 is 5.11 Å². The fourth-order valence-electron chi connectivity index (χ4n) is 3.92. The Morgan fingerprint density at radius 2 is 1.96 bits per heavy atom. The van der Waals surface area contributed by atoms with Crippen LogP contribution < -0.4 is 5.56 Å². The average Bonchev–Trinajstić information content (AvgIpc) is 2.90. The summed E-state index contributed by atoms with van der Waals surface area (Å²) in [7, 11) is 0. The summed E-state index contributed by atoms with van der Waals surface area (Å²) in [4.78, 5) is 31.8. The summed E-state index contributed by atoms with van der Waals surface area (Å²) in [6.45, 7) is 11.9. The number of carboxylic acid groups (broad SMARTS) is 1. The molecule has 0 bridgehead atoms. The minimum absolute atomic E-state index is 0.203. The lowest BCUT2D eigenvalue weighted by atomic mass is 9.72. The van der Waals surface area contributed by atoms with E-state index in [-0.39, 0.29) is 11.0 Å². The molecule has 0 fully saturated rings. The smallest absolute Gasteiger partial charge is 0.329 e. The summed E-state index contributed by atoms with van der Waals surface area (Å²) in [6, 6.07) is 0. The Labute approximate surface area is 158 Å². The minimum atomic E-state index is -1.32. The van der Waals surface area contributed by atoms with Crippen LogP contribution in [0.5, 0.6) is 0 Å². The number of rotatable bonds is 3. The molecule has 5 nitrogen and oxygen atoms in total. The lowest BCUT2D eigenvalue weighted by Gasteiger charge is -2.33. The van der Waals surface area contributed by atoms with Crippen molar-refractivity contribution in [1.82, 2.24) is 9.55 Å². The van der Waals surface area contributed by atoms with Crippen molar-refractivity contribution in [3.05, 3.63) is 26.6 Å². The zero-order chi connectivity index (χ0) is 19.4. The minimum Gasteiger partial charge on any atom is -0.480 e. The number of hydrogen-bond acceptors (Lipinski definition) is 4. The average molecular weight is 377 g/mol. The first kappa shape index (κ1) is 19.1. The predicted molar refractivity (Wildman–Crippen MR) is 105 cm³/mol. The molecule has 1 aliphatic carbocycles. The maximum Gasteiger partial charge on any atom is 0.329 e. The lowest BCUT2D eigenvalue weighted by molar-refractivity contribution is -0.146. The molecule has 26 heavy (non-hydrogen) atoms. The number of hydrogen-bond donors (Lipinski definition) is 1. The molecule has 6 heteroatoms. The number of fused-ring (bicyclic) bond motifs is 3. The molecule has 3 rings (SSSR count). The fourth-order valence-corrected chi connectivity index (χ4v) is 5.22. The van der Waals surface area contributed by atoms with Crippen LogP contribution >= 0.6 is 11.3 Å². The molecule has 0 amide bonds. The number of thiophene rings is 1. The van der Waals surface area contributed by atoms with Gasteiger partial charge in [0.15, 0.2) is 0 Å². The molecule has 0 spiro atoms. The van der Waals surface area contributed by atoms with Crippen LogP contribution in [0.2, 0.25) is 0 Å². The van der Waals surface area contributed by atoms with Gasteiger partial charge in [0.25, 0.3) is 5.56 Å². The van der Waals surface area contributed by atoms with Gasteiger partial charge in [-0.25, -0.2) is 9.78 Å². The van der Waals surface area contributed by atoms with Gasteiger partial charge in [-0.2, -0.15) is 0 Å². The topological polar surface area (TPSA) is 72.2 Å². The lowest BCUT2D eigenvalue weighted by Crippen LogP contribution is -2.45. The summed E-state index contributed by atoms with van der Waals surface area (Å²) in [6.07, 6.45) is 3.42. The zero-order valence-electron chi connectivity index (χ0n) is 16.5. The SMILES string of the molecule is CCc1nc2sc3c(c2c(=O)n1C(C)(C)C(=O)O)CCC(C(C)(C)C)C3. The van der Waals surface area contributed by atoms with Crippen molar-refractivity contribution in [2.24, 2.45) is 11.3 Å². The van der Waals surface area contributed by atoms with Gasteiger partial charge in [-0.15, -0.1) is 11.3 Å². The highest BCUT2D eigenvalue weighted by Gasteiger charge is 2.36. The molecule has 142 valence electrons. The Kier molecular flexibility index (Phi) is 4.54. The van der Waals surface area contributed by atoms with E-state index >= 15 is 0 Å². The molecule has 2 aromatic heterocycles. The van der Waals surface area contributed by atoms with E-state index in [0.717, 1.165) is 29.7 Å². The number of aryl methyl sites for hydroxylation is 2. The summed E-state index contributed by atoms with van der Waals surface area (Å²) >= 11 is 1.62. The van der Waals surface area contributed by atoms with Crippen molar-refractivity contribution in [2.45, 2.75) is 72.8 Å². The van der Waals surface area contributed by atoms with Crippen LogP contribution in [-0.4, -0.2) is 20.6 Å². The van der Waals surface area contributed by atoms with E-state index < -0.39 is 11.5 Å². The van der Waals surface area contributed by atoms with Crippen LogP contribution in [0.1, 0.15) is 64.2 Å². The second-order valence-electron chi connectivity index (χ2n) is 8.88. The molecule has 0 aliphatic heterocycles. The van der Waals surface area contributed by atoms with Crippen molar-refractivity contribution >= 4 is 27.5 Å². The Morgan fingerprint density at radius 3 is 2.50 bits per heavy atom. The van der Waals surface area contributed by atoms with Crippen molar-refractivity contribution in [3.8, 4) is 0 Å². The molecule has 1 unspecified atom stereocenters. The first-order chi connectivity index (χ1) is 12.0. The molecule has 1 aliphatic rings. The molecule has 0 aromatic carbocycles.